The molecule has 0 unspecified atom stereocenters. The number of benzene rings is 2. The highest BCUT2D eigenvalue weighted by atomic mass is 16.5. The minimum absolute atomic E-state index is 0.113. The lowest BCUT2D eigenvalue weighted by Crippen LogP contribution is -2.41. The highest BCUT2D eigenvalue weighted by Crippen LogP contribution is 2.19. The number of rotatable bonds is 6. The van der Waals surface area contributed by atoms with Gasteiger partial charge in [0.05, 0.1) is 17.3 Å². The average Bonchev–Trinajstić information content (AvgIpc) is 2.76. The number of ether oxygens (including phenoxy) is 1. The van der Waals surface area contributed by atoms with Crippen LogP contribution in [0.2, 0.25) is 0 Å². The Morgan fingerprint density at radius 1 is 1.07 bits per heavy atom. The van der Waals surface area contributed by atoms with Crippen molar-refractivity contribution in [3.05, 3.63) is 76.3 Å². The van der Waals surface area contributed by atoms with E-state index in [1.54, 1.807) is 54.6 Å². The molecular weight excluding hydrogens is 388 g/mol. The zero-order valence-electron chi connectivity index (χ0n) is 16.2. The number of urea groups is 1. The van der Waals surface area contributed by atoms with Crippen LogP contribution in [0.4, 0.5) is 4.79 Å². The molecule has 9 heteroatoms. The van der Waals surface area contributed by atoms with E-state index in [0.29, 0.717) is 22.3 Å². The molecule has 9 nitrogen and oxygen atoms in total. The molecule has 3 amide bonds. The van der Waals surface area contributed by atoms with Crippen LogP contribution >= 0.6 is 0 Å². The van der Waals surface area contributed by atoms with Crippen molar-refractivity contribution < 1.29 is 19.1 Å². The van der Waals surface area contributed by atoms with Gasteiger partial charge in [-0.05, 0) is 12.1 Å². The Hall–Kier alpha value is -4.01. The zero-order chi connectivity index (χ0) is 21.5. The summed E-state index contributed by atoms with van der Waals surface area (Å²) in [4.78, 5) is 55.4. The summed E-state index contributed by atoms with van der Waals surface area (Å²) in [6.07, 6.45) is -1.28. The summed E-state index contributed by atoms with van der Waals surface area (Å²) in [5.41, 5.74) is 0.650. The summed E-state index contributed by atoms with van der Waals surface area (Å²) < 4.78 is 5.33. The molecule has 0 bridgehead atoms. The van der Waals surface area contributed by atoms with E-state index in [9.17, 15) is 19.2 Å². The van der Waals surface area contributed by atoms with Gasteiger partial charge in [0.25, 0.3) is 11.5 Å². The first-order chi connectivity index (χ1) is 14.5. The number of nitrogens with one attached hydrogen (secondary N) is 3. The molecule has 2 aromatic carbocycles. The van der Waals surface area contributed by atoms with Gasteiger partial charge in [-0.1, -0.05) is 42.5 Å². The van der Waals surface area contributed by atoms with Crippen molar-refractivity contribution in [1.29, 1.82) is 0 Å². The predicted molar refractivity (Wildman–Crippen MR) is 109 cm³/mol. The Kier molecular flexibility index (Phi) is 6.53. The fourth-order valence-corrected chi connectivity index (χ4v) is 2.80. The largest absolute Gasteiger partial charge is 0.447 e. The normalized spacial score (nSPS) is 11.5. The summed E-state index contributed by atoms with van der Waals surface area (Å²) in [6.45, 7) is 0. The van der Waals surface area contributed by atoms with E-state index < -0.39 is 24.0 Å². The molecule has 1 heterocycles. The molecule has 3 rings (SSSR count). The second kappa shape index (κ2) is 9.46. The third-order valence-electron chi connectivity index (χ3n) is 4.28. The fourth-order valence-electron chi connectivity index (χ4n) is 2.80. The standard InChI is InChI=1S/C21H20N4O5/c1-22-21(29)25-20(28)18(13-7-3-2-4-8-13)30-17(26)12-11-16-23-15-10-6-5-9-14(15)19(27)24-16/h2-10,18H,11-12H2,1H3,(H,23,24,27)(H2,22,25,28,29)/t18-/m1/s1. The second-order valence-electron chi connectivity index (χ2n) is 6.38. The smallest absolute Gasteiger partial charge is 0.321 e. The van der Waals surface area contributed by atoms with Crippen LogP contribution in [0.5, 0.6) is 0 Å². The van der Waals surface area contributed by atoms with Gasteiger partial charge in [0.15, 0.2) is 0 Å². The number of aromatic nitrogens is 2. The lowest BCUT2D eigenvalue weighted by molar-refractivity contribution is -0.156. The number of carbonyl (C=O) groups excluding carboxylic acids is 3. The van der Waals surface area contributed by atoms with Crippen LogP contribution < -0.4 is 16.2 Å². The number of amides is 3. The van der Waals surface area contributed by atoms with Crippen molar-refractivity contribution in [2.75, 3.05) is 7.05 Å². The molecule has 0 aliphatic carbocycles. The monoisotopic (exact) mass is 408 g/mol. The molecule has 0 saturated heterocycles. The minimum Gasteiger partial charge on any atom is -0.447 e. The molecule has 1 aromatic heterocycles. The molecule has 3 N–H and O–H groups in total. The van der Waals surface area contributed by atoms with Crippen LogP contribution in [-0.2, 0) is 20.7 Å². The van der Waals surface area contributed by atoms with Gasteiger partial charge in [0.1, 0.15) is 5.82 Å². The van der Waals surface area contributed by atoms with Crippen LogP contribution in [-0.4, -0.2) is 34.9 Å². The molecule has 0 radical (unpaired) electrons. The number of para-hydroxylation sites is 1. The fraction of sp³-hybridized carbons (Fsp3) is 0.190. The summed E-state index contributed by atoms with van der Waals surface area (Å²) >= 11 is 0. The number of aryl methyl sites for hydroxylation is 1. The number of nitrogens with zero attached hydrogens (tertiary/aromatic N) is 1. The lowest BCUT2D eigenvalue weighted by atomic mass is 10.1. The van der Waals surface area contributed by atoms with Crippen molar-refractivity contribution >= 4 is 28.8 Å². The first-order valence-electron chi connectivity index (χ1n) is 9.23. The van der Waals surface area contributed by atoms with Crippen molar-refractivity contribution in [2.45, 2.75) is 18.9 Å². The molecule has 0 aliphatic heterocycles. The number of fused-ring (bicyclic) bond motifs is 1. The Morgan fingerprint density at radius 3 is 2.50 bits per heavy atom. The maximum atomic E-state index is 12.4. The van der Waals surface area contributed by atoms with Crippen molar-refractivity contribution in [3.8, 4) is 0 Å². The first kappa shape index (κ1) is 20.7. The van der Waals surface area contributed by atoms with Gasteiger partial charge in [0, 0.05) is 19.0 Å². The van der Waals surface area contributed by atoms with E-state index in [-0.39, 0.29) is 18.4 Å². The van der Waals surface area contributed by atoms with E-state index in [2.05, 4.69) is 20.6 Å². The van der Waals surface area contributed by atoms with Crippen LogP contribution in [0.3, 0.4) is 0 Å². The molecule has 0 saturated carbocycles. The van der Waals surface area contributed by atoms with Crippen LogP contribution in [0.25, 0.3) is 10.9 Å². The van der Waals surface area contributed by atoms with E-state index in [1.807, 2.05) is 0 Å². The lowest BCUT2D eigenvalue weighted by Gasteiger charge is -2.17. The molecule has 0 spiro atoms. The SMILES string of the molecule is CNC(=O)NC(=O)[C@H](OC(=O)CCc1nc2ccccc2c(=O)[nH]1)c1ccccc1. The van der Waals surface area contributed by atoms with Gasteiger partial charge < -0.3 is 15.0 Å². The van der Waals surface area contributed by atoms with Gasteiger partial charge in [-0.25, -0.2) is 9.78 Å². The van der Waals surface area contributed by atoms with Gasteiger partial charge in [-0.15, -0.1) is 0 Å². The molecule has 3 aromatic rings. The van der Waals surface area contributed by atoms with Gasteiger partial charge >= 0.3 is 12.0 Å². The van der Waals surface area contributed by atoms with Crippen LogP contribution in [0, 0.1) is 0 Å². The first-order valence-corrected chi connectivity index (χ1v) is 9.23. The minimum atomic E-state index is -1.29. The number of hydrogen-bond donors (Lipinski definition) is 3. The number of esters is 1. The van der Waals surface area contributed by atoms with E-state index in [0.717, 1.165) is 0 Å². The number of H-pyrrole nitrogens is 1. The summed E-state index contributed by atoms with van der Waals surface area (Å²) in [6, 6.07) is 14.5. The van der Waals surface area contributed by atoms with Gasteiger partial charge in [-0.3, -0.25) is 19.7 Å². The maximum Gasteiger partial charge on any atom is 0.321 e. The highest BCUT2D eigenvalue weighted by molar-refractivity contribution is 5.97. The van der Waals surface area contributed by atoms with Crippen molar-refractivity contribution in [1.82, 2.24) is 20.6 Å². The third-order valence-corrected chi connectivity index (χ3v) is 4.28. The average molecular weight is 408 g/mol. The molecule has 0 fully saturated rings. The molecule has 30 heavy (non-hydrogen) atoms. The summed E-state index contributed by atoms with van der Waals surface area (Å²) in [5.74, 6) is -1.11. The number of hydrogen-bond acceptors (Lipinski definition) is 6. The highest BCUT2D eigenvalue weighted by Gasteiger charge is 2.26. The van der Waals surface area contributed by atoms with Crippen molar-refractivity contribution in [2.24, 2.45) is 0 Å². The molecular formula is C21H20N4O5. The number of aromatic amines is 1. The number of carbonyl (C=O) groups is 3. The quantitative estimate of drug-likeness (QED) is 0.531. The molecule has 0 aliphatic rings. The topological polar surface area (TPSA) is 130 Å². The van der Waals surface area contributed by atoms with Crippen LogP contribution in [0.15, 0.2) is 59.4 Å². The van der Waals surface area contributed by atoms with Gasteiger partial charge in [-0.2, -0.15) is 0 Å². The summed E-state index contributed by atoms with van der Waals surface area (Å²) in [7, 11) is 1.36. The van der Waals surface area contributed by atoms with E-state index >= 15 is 0 Å². The number of imide groups is 1. The van der Waals surface area contributed by atoms with E-state index in [4.69, 9.17) is 4.74 Å². The third kappa shape index (κ3) is 5.07. The van der Waals surface area contributed by atoms with Crippen LogP contribution in [0.1, 0.15) is 23.9 Å². The Bertz CT molecular complexity index is 1130. The Balaban J connectivity index is 1.71. The molecule has 1 atom stereocenters. The Labute approximate surface area is 171 Å². The Morgan fingerprint density at radius 2 is 1.77 bits per heavy atom. The van der Waals surface area contributed by atoms with Crippen molar-refractivity contribution in [3.63, 3.8) is 0 Å². The van der Waals surface area contributed by atoms with Gasteiger partial charge in [0.2, 0.25) is 6.10 Å². The molecule has 154 valence electrons. The maximum absolute atomic E-state index is 12.4. The van der Waals surface area contributed by atoms with E-state index in [1.165, 1.54) is 7.05 Å². The zero-order valence-corrected chi connectivity index (χ0v) is 16.2. The summed E-state index contributed by atoms with van der Waals surface area (Å²) in [5, 5.41) is 4.83. The predicted octanol–water partition coefficient (Wildman–Crippen LogP) is 1.60. The second-order valence-corrected chi connectivity index (χ2v) is 6.38.